The molecule has 1 N–H and O–H groups in total. The van der Waals surface area contributed by atoms with Gasteiger partial charge < -0.3 is 14.6 Å². The van der Waals surface area contributed by atoms with Crippen molar-refractivity contribution in [2.45, 2.75) is 25.5 Å². The maximum absolute atomic E-state index is 5.97. The van der Waals surface area contributed by atoms with Gasteiger partial charge in [-0.25, -0.2) is 4.98 Å². The van der Waals surface area contributed by atoms with E-state index in [0.717, 1.165) is 18.0 Å². The summed E-state index contributed by atoms with van der Waals surface area (Å²) in [6.07, 6.45) is 4.58. The van der Waals surface area contributed by atoms with Crippen molar-refractivity contribution in [1.29, 1.82) is 0 Å². The number of rotatable bonds is 6. The van der Waals surface area contributed by atoms with E-state index in [1.165, 1.54) is 0 Å². The molecule has 1 aromatic heterocycles. The second kappa shape index (κ2) is 6.77. The van der Waals surface area contributed by atoms with E-state index in [1.807, 2.05) is 62.2 Å². The number of hydrogen-bond acceptors (Lipinski definition) is 3. The molecule has 2 atom stereocenters. The van der Waals surface area contributed by atoms with Gasteiger partial charge in [0, 0.05) is 30.9 Å². The number of nitrogens with one attached hydrogen (secondary N) is 1. The van der Waals surface area contributed by atoms with Gasteiger partial charge >= 0.3 is 0 Å². The maximum atomic E-state index is 5.97. The number of benzene rings is 1. The van der Waals surface area contributed by atoms with E-state index >= 15 is 0 Å². The summed E-state index contributed by atoms with van der Waals surface area (Å²) < 4.78 is 7.98. The predicted molar refractivity (Wildman–Crippen MR) is 81.3 cm³/mol. The standard InChI is InChI=1S/C15H20ClN3O/c1-11(20-13-6-4-5-12(16)9-13)14(17-2)10-15-18-7-8-19(15)3/h4-9,11,14,17H,10H2,1-3H3. The molecule has 0 bridgehead atoms. The van der Waals surface area contributed by atoms with Gasteiger partial charge in [0.1, 0.15) is 17.7 Å². The summed E-state index contributed by atoms with van der Waals surface area (Å²) in [6, 6.07) is 7.64. The summed E-state index contributed by atoms with van der Waals surface area (Å²) in [5.41, 5.74) is 0. The Kier molecular flexibility index (Phi) is 5.04. The van der Waals surface area contributed by atoms with Crippen molar-refractivity contribution in [2.24, 2.45) is 7.05 Å². The summed E-state index contributed by atoms with van der Waals surface area (Å²) in [4.78, 5) is 4.35. The van der Waals surface area contributed by atoms with Gasteiger partial charge in [-0.2, -0.15) is 0 Å². The molecule has 0 radical (unpaired) electrons. The van der Waals surface area contributed by atoms with Crippen molar-refractivity contribution >= 4 is 11.6 Å². The van der Waals surface area contributed by atoms with Gasteiger partial charge in [0.2, 0.25) is 0 Å². The SMILES string of the molecule is CNC(Cc1nccn1C)C(C)Oc1cccc(Cl)c1. The second-order valence-electron chi connectivity index (χ2n) is 4.83. The minimum absolute atomic E-state index is 0.00941. The highest BCUT2D eigenvalue weighted by Crippen LogP contribution is 2.19. The Bertz CT molecular complexity index is 556. The lowest BCUT2D eigenvalue weighted by Gasteiger charge is -2.24. The quantitative estimate of drug-likeness (QED) is 0.890. The average molecular weight is 294 g/mol. The topological polar surface area (TPSA) is 39.1 Å². The first-order chi connectivity index (χ1) is 9.60. The van der Waals surface area contributed by atoms with Gasteiger partial charge in [0.05, 0.1) is 6.04 Å². The van der Waals surface area contributed by atoms with Crippen molar-refractivity contribution in [2.75, 3.05) is 7.05 Å². The summed E-state index contributed by atoms with van der Waals surface area (Å²) in [5, 5.41) is 3.97. The van der Waals surface area contributed by atoms with E-state index < -0.39 is 0 Å². The molecular formula is C15H20ClN3O. The molecule has 0 aliphatic rings. The summed E-state index contributed by atoms with van der Waals surface area (Å²) >= 11 is 5.97. The zero-order chi connectivity index (χ0) is 14.5. The van der Waals surface area contributed by atoms with E-state index in [9.17, 15) is 0 Å². The van der Waals surface area contributed by atoms with Crippen LogP contribution in [0.25, 0.3) is 0 Å². The van der Waals surface area contributed by atoms with Gasteiger partial charge in [0.25, 0.3) is 0 Å². The molecule has 0 aliphatic carbocycles. The van der Waals surface area contributed by atoms with Crippen LogP contribution in [-0.2, 0) is 13.5 Å². The molecule has 0 fully saturated rings. The smallest absolute Gasteiger partial charge is 0.121 e. The molecule has 2 rings (SSSR count). The van der Waals surface area contributed by atoms with Crippen LogP contribution < -0.4 is 10.1 Å². The lowest BCUT2D eigenvalue weighted by molar-refractivity contribution is 0.172. The molecule has 2 aromatic rings. The van der Waals surface area contributed by atoms with E-state index in [4.69, 9.17) is 16.3 Å². The fourth-order valence-electron chi connectivity index (χ4n) is 2.13. The van der Waals surface area contributed by atoms with Gasteiger partial charge in [0.15, 0.2) is 0 Å². The molecule has 0 saturated carbocycles. The highest BCUT2D eigenvalue weighted by atomic mass is 35.5. The Morgan fingerprint density at radius 2 is 2.25 bits per heavy atom. The van der Waals surface area contributed by atoms with Gasteiger partial charge in [-0.3, -0.25) is 0 Å². The van der Waals surface area contributed by atoms with Crippen LogP contribution in [0.1, 0.15) is 12.7 Å². The molecule has 20 heavy (non-hydrogen) atoms. The molecule has 1 aromatic carbocycles. The summed E-state index contributed by atoms with van der Waals surface area (Å²) in [5.74, 6) is 1.82. The van der Waals surface area contributed by atoms with E-state index in [-0.39, 0.29) is 12.1 Å². The van der Waals surface area contributed by atoms with E-state index in [0.29, 0.717) is 5.02 Å². The third kappa shape index (κ3) is 3.74. The van der Waals surface area contributed by atoms with Gasteiger partial charge in [-0.05, 0) is 32.2 Å². The fraction of sp³-hybridized carbons (Fsp3) is 0.400. The Morgan fingerprint density at radius 1 is 1.45 bits per heavy atom. The monoisotopic (exact) mass is 293 g/mol. The number of aromatic nitrogens is 2. The minimum Gasteiger partial charge on any atom is -0.489 e. The van der Waals surface area contributed by atoms with E-state index in [2.05, 4.69) is 10.3 Å². The third-order valence-electron chi connectivity index (χ3n) is 3.38. The Labute approximate surface area is 124 Å². The van der Waals surface area contributed by atoms with Crippen LogP contribution in [-0.4, -0.2) is 28.7 Å². The van der Waals surface area contributed by atoms with Gasteiger partial charge in [-0.1, -0.05) is 17.7 Å². The molecule has 0 aliphatic heterocycles. The summed E-state index contributed by atoms with van der Waals surface area (Å²) in [6.45, 7) is 2.05. The number of aryl methyl sites for hydroxylation is 1. The van der Waals surface area contributed by atoms with Crippen LogP contribution in [0.5, 0.6) is 5.75 Å². The van der Waals surface area contributed by atoms with Crippen LogP contribution in [0.15, 0.2) is 36.7 Å². The first kappa shape index (κ1) is 14.9. The predicted octanol–water partition coefficient (Wildman–Crippen LogP) is 2.67. The van der Waals surface area contributed by atoms with Crippen LogP contribution >= 0.6 is 11.6 Å². The molecular weight excluding hydrogens is 274 g/mol. The van der Waals surface area contributed by atoms with E-state index in [1.54, 1.807) is 0 Å². The number of hydrogen-bond donors (Lipinski definition) is 1. The van der Waals surface area contributed by atoms with Crippen LogP contribution in [0.2, 0.25) is 5.02 Å². The van der Waals surface area contributed by atoms with Crippen LogP contribution in [0.4, 0.5) is 0 Å². The number of halogens is 1. The lowest BCUT2D eigenvalue weighted by Crippen LogP contribution is -2.41. The largest absolute Gasteiger partial charge is 0.489 e. The lowest BCUT2D eigenvalue weighted by atomic mass is 10.1. The molecule has 108 valence electrons. The molecule has 4 nitrogen and oxygen atoms in total. The molecule has 0 spiro atoms. The molecule has 2 unspecified atom stereocenters. The Balaban J connectivity index is 2.02. The normalized spacial score (nSPS) is 14.0. The summed E-state index contributed by atoms with van der Waals surface area (Å²) in [7, 11) is 3.93. The van der Waals surface area contributed by atoms with Crippen LogP contribution in [0, 0.1) is 0 Å². The number of ether oxygens (including phenoxy) is 1. The molecule has 1 heterocycles. The highest BCUT2D eigenvalue weighted by Gasteiger charge is 2.19. The van der Waals surface area contributed by atoms with Gasteiger partial charge in [-0.15, -0.1) is 0 Å². The molecule has 0 saturated heterocycles. The first-order valence-corrected chi connectivity index (χ1v) is 7.03. The van der Waals surface area contributed by atoms with Crippen molar-refractivity contribution in [3.8, 4) is 5.75 Å². The van der Waals surface area contributed by atoms with Crippen molar-refractivity contribution in [3.05, 3.63) is 47.5 Å². The number of imidazole rings is 1. The molecule has 5 heteroatoms. The maximum Gasteiger partial charge on any atom is 0.121 e. The Hall–Kier alpha value is -1.52. The highest BCUT2D eigenvalue weighted by molar-refractivity contribution is 6.30. The van der Waals surface area contributed by atoms with Crippen molar-refractivity contribution in [1.82, 2.24) is 14.9 Å². The first-order valence-electron chi connectivity index (χ1n) is 6.66. The fourth-order valence-corrected chi connectivity index (χ4v) is 2.31. The van der Waals surface area contributed by atoms with Crippen molar-refractivity contribution in [3.63, 3.8) is 0 Å². The number of nitrogens with zero attached hydrogens (tertiary/aromatic N) is 2. The minimum atomic E-state index is 0.00941. The third-order valence-corrected chi connectivity index (χ3v) is 3.61. The zero-order valence-corrected chi connectivity index (χ0v) is 12.8. The zero-order valence-electron chi connectivity index (χ0n) is 12.0. The van der Waals surface area contributed by atoms with Crippen LogP contribution in [0.3, 0.4) is 0 Å². The van der Waals surface area contributed by atoms with Crippen molar-refractivity contribution < 1.29 is 4.74 Å². The average Bonchev–Trinajstić information content (AvgIpc) is 2.81. The second-order valence-corrected chi connectivity index (χ2v) is 5.27. The number of likely N-dealkylation sites (N-methyl/N-ethyl adjacent to an activating group) is 1. The molecule has 0 amide bonds. The Morgan fingerprint density at radius 3 is 2.85 bits per heavy atom.